The van der Waals surface area contributed by atoms with Gasteiger partial charge in [-0.05, 0) is 68.4 Å². The number of benzene rings is 2. The van der Waals surface area contributed by atoms with Crippen molar-refractivity contribution in [1.82, 2.24) is 10.2 Å². The van der Waals surface area contributed by atoms with Crippen LogP contribution in [0.2, 0.25) is 0 Å². The van der Waals surface area contributed by atoms with Crippen molar-refractivity contribution in [3.8, 4) is 0 Å². The third-order valence-electron chi connectivity index (χ3n) is 5.52. The lowest BCUT2D eigenvalue weighted by Gasteiger charge is -2.28. The van der Waals surface area contributed by atoms with Gasteiger partial charge in [-0.15, -0.1) is 0 Å². The molecule has 0 bridgehead atoms. The molecule has 0 heterocycles. The fraction of sp³-hybridized carbons (Fsp3) is 0.519. The van der Waals surface area contributed by atoms with Crippen molar-refractivity contribution >= 4 is 28.7 Å². The lowest BCUT2D eigenvalue weighted by atomic mass is 10.0. The van der Waals surface area contributed by atoms with Crippen molar-refractivity contribution in [2.24, 2.45) is 5.92 Å². The quantitative estimate of drug-likeness (QED) is 0.407. The second kappa shape index (κ2) is 12.5. The molecule has 2 atom stereocenters. The average molecular weight is 487 g/mol. The molecule has 3 N–H and O–H groups in total. The minimum atomic E-state index is -1.26. The summed E-state index contributed by atoms with van der Waals surface area (Å²) in [5.41, 5.74) is 0.321. The van der Waals surface area contributed by atoms with Gasteiger partial charge >= 0.3 is 12.1 Å². The molecule has 0 saturated carbocycles. The van der Waals surface area contributed by atoms with Crippen LogP contribution in [-0.2, 0) is 20.9 Å². The molecule has 0 saturated heterocycles. The van der Waals surface area contributed by atoms with E-state index in [0.29, 0.717) is 25.9 Å². The molecular formula is C27H38N2O6. The maximum atomic E-state index is 12.9. The van der Waals surface area contributed by atoms with E-state index in [-0.39, 0.29) is 12.3 Å². The third kappa shape index (κ3) is 9.20. The summed E-state index contributed by atoms with van der Waals surface area (Å²) in [7, 11) is 0. The van der Waals surface area contributed by atoms with Gasteiger partial charge in [-0.3, -0.25) is 4.79 Å². The van der Waals surface area contributed by atoms with E-state index < -0.39 is 35.7 Å². The van der Waals surface area contributed by atoms with Crippen molar-refractivity contribution in [1.29, 1.82) is 0 Å². The van der Waals surface area contributed by atoms with E-state index >= 15 is 0 Å². The van der Waals surface area contributed by atoms with Crippen LogP contribution < -0.4 is 5.32 Å². The van der Waals surface area contributed by atoms with E-state index in [1.807, 2.05) is 63.2 Å². The van der Waals surface area contributed by atoms with E-state index in [4.69, 9.17) is 4.74 Å². The smallest absolute Gasteiger partial charge is 0.410 e. The Labute approximate surface area is 207 Å². The minimum Gasteiger partial charge on any atom is -0.480 e. The van der Waals surface area contributed by atoms with Gasteiger partial charge in [0.15, 0.2) is 0 Å². The Balaban J connectivity index is 2.02. The molecule has 0 spiro atoms. The third-order valence-corrected chi connectivity index (χ3v) is 5.52. The van der Waals surface area contributed by atoms with E-state index in [1.54, 1.807) is 18.7 Å². The van der Waals surface area contributed by atoms with Gasteiger partial charge in [0, 0.05) is 13.1 Å². The largest absolute Gasteiger partial charge is 0.480 e. The first-order valence-electron chi connectivity index (χ1n) is 12.0. The van der Waals surface area contributed by atoms with Crippen molar-refractivity contribution in [2.75, 3.05) is 6.54 Å². The lowest BCUT2D eigenvalue weighted by molar-refractivity contribution is -0.144. The van der Waals surface area contributed by atoms with Crippen LogP contribution >= 0.6 is 0 Å². The van der Waals surface area contributed by atoms with Crippen molar-refractivity contribution in [3.05, 3.63) is 48.0 Å². The highest BCUT2D eigenvalue weighted by Crippen LogP contribution is 2.19. The molecular weight excluding hydrogens is 448 g/mol. The first-order chi connectivity index (χ1) is 16.4. The van der Waals surface area contributed by atoms with Crippen LogP contribution in [0.15, 0.2) is 42.5 Å². The molecule has 8 heteroatoms. The molecule has 0 aliphatic rings. The number of carbonyl (C=O) groups excluding carboxylic acids is 2. The number of hydrogen-bond donors (Lipinski definition) is 3. The molecule has 0 unspecified atom stereocenters. The Morgan fingerprint density at radius 1 is 1.03 bits per heavy atom. The number of aliphatic carboxylic acids is 1. The highest BCUT2D eigenvalue weighted by atomic mass is 16.6. The van der Waals surface area contributed by atoms with Crippen molar-refractivity contribution in [2.45, 2.75) is 78.2 Å². The van der Waals surface area contributed by atoms with Gasteiger partial charge < -0.3 is 25.2 Å². The van der Waals surface area contributed by atoms with E-state index in [1.165, 1.54) is 0 Å². The van der Waals surface area contributed by atoms with Gasteiger partial charge in [0.2, 0.25) is 5.91 Å². The maximum absolute atomic E-state index is 12.9. The highest BCUT2D eigenvalue weighted by molar-refractivity contribution is 5.86. The first-order valence-corrected chi connectivity index (χ1v) is 12.0. The molecule has 0 aliphatic heterocycles. The van der Waals surface area contributed by atoms with Gasteiger partial charge in [0.25, 0.3) is 0 Å². The summed E-state index contributed by atoms with van der Waals surface area (Å²) in [6.07, 6.45) is -0.523. The number of hydrogen-bond acceptors (Lipinski definition) is 5. The molecule has 0 fully saturated rings. The van der Waals surface area contributed by atoms with Crippen LogP contribution in [0.5, 0.6) is 0 Å². The molecule has 192 valence electrons. The van der Waals surface area contributed by atoms with E-state index in [9.17, 15) is 24.6 Å². The zero-order valence-corrected chi connectivity index (χ0v) is 21.3. The molecule has 0 aromatic heterocycles. The Bertz CT molecular complexity index is 1010. The number of nitrogens with zero attached hydrogens (tertiary/aromatic N) is 1. The summed E-state index contributed by atoms with van der Waals surface area (Å²) in [5, 5.41) is 23.9. The van der Waals surface area contributed by atoms with Crippen LogP contribution in [0.3, 0.4) is 0 Å². The standard InChI is InChI=1S/C27H38N2O6/c1-18(2)23(30)24(31)28-22(25(32)33)12-8-9-15-29(26(34)35-27(3,4)5)17-19-13-14-20-10-6-7-11-21(20)16-19/h6-7,10-11,13-14,16,18,22-23,30H,8-9,12,15,17H2,1-5H3,(H,28,31)(H,32,33)/t22-,23-/m0/s1. The van der Waals surface area contributed by atoms with Gasteiger partial charge in [-0.2, -0.15) is 0 Å². The van der Waals surface area contributed by atoms with Crippen molar-refractivity contribution in [3.63, 3.8) is 0 Å². The number of aliphatic hydroxyl groups excluding tert-OH is 1. The Kier molecular flexibility index (Phi) is 10.1. The summed E-state index contributed by atoms with van der Waals surface area (Å²) in [6, 6.07) is 12.9. The average Bonchev–Trinajstić information content (AvgIpc) is 2.77. The second-order valence-corrected chi connectivity index (χ2v) is 10.2. The number of rotatable bonds is 11. The Morgan fingerprint density at radius 3 is 2.29 bits per heavy atom. The monoisotopic (exact) mass is 486 g/mol. The first kappa shape index (κ1) is 28.1. The molecule has 2 aromatic rings. The molecule has 0 radical (unpaired) electrons. The topological polar surface area (TPSA) is 116 Å². The second-order valence-electron chi connectivity index (χ2n) is 10.2. The summed E-state index contributed by atoms with van der Waals surface area (Å²) >= 11 is 0. The Hall–Kier alpha value is -3.13. The fourth-order valence-corrected chi connectivity index (χ4v) is 3.59. The molecule has 35 heavy (non-hydrogen) atoms. The zero-order valence-electron chi connectivity index (χ0n) is 21.3. The SMILES string of the molecule is CC(C)[C@H](O)C(=O)N[C@@H](CCCCN(Cc1ccc2ccccc2c1)C(=O)OC(C)(C)C)C(=O)O. The van der Waals surface area contributed by atoms with Gasteiger partial charge in [-0.25, -0.2) is 9.59 Å². The molecule has 2 aromatic carbocycles. The van der Waals surface area contributed by atoms with Crippen LogP contribution in [0.1, 0.15) is 59.4 Å². The van der Waals surface area contributed by atoms with Gasteiger partial charge in [0.1, 0.15) is 17.7 Å². The maximum Gasteiger partial charge on any atom is 0.410 e. The van der Waals surface area contributed by atoms with E-state index in [0.717, 1.165) is 16.3 Å². The van der Waals surface area contributed by atoms with Crippen LogP contribution in [0, 0.1) is 5.92 Å². The lowest BCUT2D eigenvalue weighted by Crippen LogP contribution is -2.47. The van der Waals surface area contributed by atoms with Gasteiger partial charge in [-0.1, -0.05) is 50.2 Å². The number of carboxylic acids is 1. The number of unbranched alkanes of at least 4 members (excludes halogenated alkanes) is 1. The number of nitrogens with one attached hydrogen (secondary N) is 1. The van der Waals surface area contributed by atoms with Crippen LogP contribution in [0.25, 0.3) is 10.8 Å². The number of carboxylic acid groups (broad SMARTS) is 1. The summed E-state index contributed by atoms with van der Waals surface area (Å²) in [6.45, 7) is 9.53. The number of amides is 2. The van der Waals surface area contributed by atoms with Crippen LogP contribution in [0.4, 0.5) is 4.79 Å². The van der Waals surface area contributed by atoms with Gasteiger partial charge in [0.05, 0.1) is 0 Å². The molecule has 2 amide bonds. The summed E-state index contributed by atoms with van der Waals surface area (Å²) in [4.78, 5) is 38.1. The summed E-state index contributed by atoms with van der Waals surface area (Å²) < 4.78 is 5.59. The predicted octanol–water partition coefficient (Wildman–Crippen LogP) is 4.33. The molecule has 8 nitrogen and oxygen atoms in total. The van der Waals surface area contributed by atoms with E-state index in [2.05, 4.69) is 5.32 Å². The Morgan fingerprint density at radius 2 is 1.69 bits per heavy atom. The minimum absolute atomic E-state index is 0.185. The normalized spacial score (nSPS) is 13.3. The summed E-state index contributed by atoms with van der Waals surface area (Å²) in [5.74, 6) is -2.17. The number of carbonyl (C=O) groups is 3. The zero-order chi connectivity index (χ0) is 26.2. The fourth-order valence-electron chi connectivity index (χ4n) is 3.59. The number of ether oxygens (including phenoxy) is 1. The highest BCUT2D eigenvalue weighted by Gasteiger charge is 2.26. The molecule has 0 aliphatic carbocycles. The number of aliphatic hydroxyl groups is 1. The van der Waals surface area contributed by atoms with Crippen molar-refractivity contribution < 1.29 is 29.3 Å². The molecule has 2 rings (SSSR count). The number of fused-ring (bicyclic) bond motifs is 1. The predicted molar refractivity (Wildman–Crippen MR) is 135 cm³/mol. The van der Waals surface area contributed by atoms with Crippen LogP contribution in [-0.4, -0.2) is 57.4 Å².